The van der Waals surface area contributed by atoms with Gasteiger partial charge in [-0.25, -0.2) is 13.1 Å². The largest absolute Gasteiger partial charge is 0.346 e. The van der Waals surface area contributed by atoms with Crippen molar-refractivity contribution in [3.63, 3.8) is 0 Å². The Kier molecular flexibility index (Phi) is 5.13. The van der Waals surface area contributed by atoms with Gasteiger partial charge in [-0.15, -0.1) is 0 Å². The molecule has 2 aromatic carbocycles. The first-order valence-electron chi connectivity index (χ1n) is 8.04. The second-order valence-electron chi connectivity index (χ2n) is 6.17. The summed E-state index contributed by atoms with van der Waals surface area (Å²) in [5.74, 6) is -0.272. The van der Waals surface area contributed by atoms with Crippen LogP contribution in [-0.4, -0.2) is 20.4 Å². The highest BCUT2D eigenvalue weighted by Crippen LogP contribution is 2.22. The van der Waals surface area contributed by atoms with E-state index in [-0.39, 0.29) is 22.9 Å². The molecule has 2 aromatic rings. The van der Waals surface area contributed by atoms with E-state index in [1.54, 1.807) is 12.1 Å². The Morgan fingerprint density at radius 3 is 2.44 bits per heavy atom. The molecule has 1 saturated carbocycles. The summed E-state index contributed by atoms with van der Waals surface area (Å²) in [7, 11) is -3.51. The summed E-state index contributed by atoms with van der Waals surface area (Å²) in [6.07, 6.45) is 1.75. The molecule has 1 fully saturated rings. The van der Waals surface area contributed by atoms with Crippen LogP contribution in [0.5, 0.6) is 0 Å². The molecule has 1 unspecified atom stereocenters. The molecule has 1 atom stereocenters. The van der Waals surface area contributed by atoms with E-state index in [2.05, 4.69) is 10.0 Å². The number of sulfonamides is 1. The molecule has 2 N–H and O–H groups in total. The maximum absolute atomic E-state index is 12.4. The van der Waals surface area contributed by atoms with Gasteiger partial charge in [0.05, 0.1) is 10.9 Å². The molecule has 25 heavy (non-hydrogen) atoms. The first kappa shape index (κ1) is 17.9. The van der Waals surface area contributed by atoms with Gasteiger partial charge in [0, 0.05) is 16.6 Å². The van der Waals surface area contributed by atoms with Crippen LogP contribution in [0.1, 0.15) is 41.7 Å². The van der Waals surface area contributed by atoms with Gasteiger partial charge in [0.15, 0.2) is 0 Å². The number of nitrogens with one attached hydrogen (secondary N) is 2. The van der Waals surface area contributed by atoms with Crippen LogP contribution in [0.3, 0.4) is 0 Å². The average Bonchev–Trinajstić information content (AvgIpc) is 3.38. The van der Waals surface area contributed by atoms with Crippen molar-refractivity contribution in [1.29, 1.82) is 0 Å². The number of carbonyl (C=O) groups excluding carboxylic acids is 1. The third kappa shape index (κ3) is 4.60. The van der Waals surface area contributed by atoms with Crippen LogP contribution < -0.4 is 10.0 Å². The van der Waals surface area contributed by atoms with E-state index >= 15 is 0 Å². The predicted molar refractivity (Wildman–Crippen MR) is 97.1 cm³/mol. The molecule has 0 saturated heterocycles. The van der Waals surface area contributed by atoms with Crippen molar-refractivity contribution in [1.82, 2.24) is 10.0 Å². The van der Waals surface area contributed by atoms with Gasteiger partial charge in [0.2, 0.25) is 10.0 Å². The van der Waals surface area contributed by atoms with Crippen molar-refractivity contribution in [2.24, 2.45) is 0 Å². The molecular weight excluding hydrogens is 360 g/mol. The zero-order valence-electron chi connectivity index (χ0n) is 13.7. The monoisotopic (exact) mass is 378 g/mol. The van der Waals surface area contributed by atoms with Crippen molar-refractivity contribution in [2.45, 2.75) is 36.7 Å². The first-order chi connectivity index (χ1) is 11.8. The van der Waals surface area contributed by atoms with Gasteiger partial charge < -0.3 is 5.32 Å². The van der Waals surface area contributed by atoms with Crippen LogP contribution in [0.25, 0.3) is 0 Å². The van der Waals surface area contributed by atoms with E-state index in [1.807, 2.05) is 19.1 Å². The Morgan fingerprint density at radius 2 is 1.84 bits per heavy atom. The zero-order valence-corrected chi connectivity index (χ0v) is 15.3. The highest BCUT2D eigenvalue weighted by Gasteiger charge is 2.28. The Bertz CT molecular complexity index is 877. The van der Waals surface area contributed by atoms with Crippen LogP contribution in [0.15, 0.2) is 53.4 Å². The van der Waals surface area contributed by atoms with E-state index in [9.17, 15) is 13.2 Å². The van der Waals surface area contributed by atoms with Gasteiger partial charge in [-0.2, -0.15) is 0 Å². The summed E-state index contributed by atoms with van der Waals surface area (Å²) in [6, 6.07) is 13.0. The molecule has 0 bridgehead atoms. The van der Waals surface area contributed by atoms with E-state index in [0.29, 0.717) is 10.6 Å². The molecule has 0 aliphatic heterocycles. The molecule has 7 heteroatoms. The lowest BCUT2D eigenvalue weighted by atomic mass is 10.1. The van der Waals surface area contributed by atoms with Crippen molar-refractivity contribution >= 4 is 27.5 Å². The zero-order chi connectivity index (χ0) is 18.0. The second-order valence-corrected chi connectivity index (χ2v) is 8.32. The van der Waals surface area contributed by atoms with E-state index in [4.69, 9.17) is 11.6 Å². The molecule has 0 heterocycles. The maximum atomic E-state index is 12.4. The minimum absolute atomic E-state index is 0.0477. The predicted octanol–water partition coefficient (Wildman–Crippen LogP) is 3.27. The van der Waals surface area contributed by atoms with Crippen molar-refractivity contribution < 1.29 is 13.2 Å². The molecule has 1 aliphatic rings. The summed E-state index contributed by atoms with van der Waals surface area (Å²) in [5, 5.41) is 3.49. The number of hydrogen-bond acceptors (Lipinski definition) is 3. The Balaban J connectivity index is 1.68. The lowest BCUT2D eigenvalue weighted by Gasteiger charge is -2.15. The van der Waals surface area contributed by atoms with E-state index < -0.39 is 10.0 Å². The molecule has 0 spiro atoms. The Labute approximate surface area is 152 Å². The van der Waals surface area contributed by atoms with Gasteiger partial charge in [0.1, 0.15) is 0 Å². The maximum Gasteiger partial charge on any atom is 0.251 e. The van der Waals surface area contributed by atoms with Crippen molar-refractivity contribution in [3.8, 4) is 0 Å². The number of benzene rings is 2. The number of carbonyl (C=O) groups is 1. The average molecular weight is 379 g/mol. The van der Waals surface area contributed by atoms with Crippen LogP contribution in [-0.2, 0) is 10.0 Å². The third-order valence-electron chi connectivity index (χ3n) is 4.02. The minimum atomic E-state index is -3.51. The molecule has 0 radical (unpaired) electrons. The fraction of sp³-hybridized carbons (Fsp3) is 0.278. The normalized spacial score (nSPS) is 15.6. The fourth-order valence-electron chi connectivity index (χ4n) is 2.41. The molecule has 5 nitrogen and oxygen atoms in total. The van der Waals surface area contributed by atoms with Crippen LogP contribution in [0.4, 0.5) is 0 Å². The number of amides is 1. The Morgan fingerprint density at radius 1 is 1.16 bits per heavy atom. The van der Waals surface area contributed by atoms with Gasteiger partial charge in [-0.05, 0) is 61.7 Å². The summed E-state index contributed by atoms with van der Waals surface area (Å²) in [4.78, 5) is 12.5. The Hall–Kier alpha value is -1.89. The molecule has 3 rings (SSSR count). The highest BCUT2D eigenvalue weighted by atomic mass is 35.5. The van der Waals surface area contributed by atoms with Crippen LogP contribution >= 0.6 is 11.6 Å². The molecule has 132 valence electrons. The third-order valence-corrected chi connectivity index (χ3v) is 5.79. The highest BCUT2D eigenvalue weighted by molar-refractivity contribution is 7.89. The van der Waals surface area contributed by atoms with Gasteiger partial charge in [0.25, 0.3) is 5.91 Å². The lowest BCUT2D eigenvalue weighted by molar-refractivity contribution is 0.0940. The van der Waals surface area contributed by atoms with Gasteiger partial charge in [-0.3, -0.25) is 4.79 Å². The number of rotatable bonds is 6. The summed E-state index contributed by atoms with van der Waals surface area (Å²) < 4.78 is 26.9. The standard InChI is InChI=1S/C18H19ClN2O3S/c1-12(14-3-2-4-15(19)11-14)20-18(22)13-5-9-17(10-6-13)25(23,24)21-16-7-8-16/h2-6,9-12,16,21H,7-8H2,1H3,(H,20,22). The molecule has 1 amide bonds. The van der Waals surface area contributed by atoms with Crippen molar-refractivity contribution in [3.05, 3.63) is 64.7 Å². The van der Waals surface area contributed by atoms with Crippen LogP contribution in [0, 0.1) is 0 Å². The lowest BCUT2D eigenvalue weighted by Crippen LogP contribution is -2.27. The van der Waals surface area contributed by atoms with E-state index in [1.165, 1.54) is 24.3 Å². The van der Waals surface area contributed by atoms with E-state index in [0.717, 1.165) is 18.4 Å². The van der Waals surface area contributed by atoms with Gasteiger partial charge >= 0.3 is 0 Å². The number of hydrogen-bond donors (Lipinski definition) is 2. The molecule has 0 aromatic heterocycles. The minimum Gasteiger partial charge on any atom is -0.346 e. The fourth-order valence-corrected chi connectivity index (χ4v) is 3.92. The molecule has 1 aliphatic carbocycles. The number of halogens is 1. The smallest absolute Gasteiger partial charge is 0.251 e. The quantitative estimate of drug-likeness (QED) is 0.810. The topological polar surface area (TPSA) is 75.3 Å². The summed E-state index contributed by atoms with van der Waals surface area (Å²) in [6.45, 7) is 1.86. The summed E-state index contributed by atoms with van der Waals surface area (Å²) in [5.41, 5.74) is 1.30. The van der Waals surface area contributed by atoms with Crippen LogP contribution in [0.2, 0.25) is 5.02 Å². The first-order valence-corrected chi connectivity index (χ1v) is 9.90. The summed E-state index contributed by atoms with van der Waals surface area (Å²) >= 11 is 5.97. The van der Waals surface area contributed by atoms with Gasteiger partial charge in [-0.1, -0.05) is 23.7 Å². The second kappa shape index (κ2) is 7.15. The SMILES string of the molecule is CC(NC(=O)c1ccc(S(=O)(=O)NC2CC2)cc1)c1cccc(Cl)c1. The van der Waals surface area contributed by atoms with Crippen molar-refractivity contribution in [2.75, 3.05) is 0 Å². The molecular formula is C18H19ClN2O3S.